The predicted molar refractivity (Wildman–Crippen MR) is 148 cm³/mol. The summed E-state index contributed by atoms with van der Waals surface area (Å²) in [5.74, 6) is -0.234. The Labute approximate surface area is 226 Å². The van der Waals surface area contributed by atoms with Crippen molar-refractivity contribution in [2.45, 2.75) is 58.2 Å². The van der Waals surface area contributed by atoms with Crippen LogP contribution in [0.3, 0.4) is 0 Å². The third kappa shape index (κ3) is 6.41. The molecule has 7 heteroatoms. The number of hydrogen-bond acceptors (Lipinski definition) is 1. The zero-order chi connectivity index (χ0) is 27.5. The first-order valence-electron chi connectivity index (χ1n) is 12.8. The zero-order valence-electron chi connectivity index (χ0n) is 21.8. The van der Waals surface area contributed by atoms with Crippen LogP contribution in [0.4, 0.5) is 13.2 Å². The van der Waals surface area contributed by atoms with Crippen molar-refractivity contribution < 1.29 is 18.0 Å². The second-order valence-corrected chi connectivity index (χ2v) is 10.8. The van der Waals surface area contributed by atoms with E-state index in [4.69, 9.17) is 11.6 Å². The first kappa shape index (κ1) is 27.8. The predicted octanol–water partition coefficient (Wildman–Crippen LogP) is 8.80. The minimum Gasteiger partial charge on any atom is -0.361 e. The molecule has 4 aromatic rings. The van der Waals surface area contributed by atoms with Crippen LogP contribution in [0, 0.1) is 0 Å². The van der Waals surface area contributed by atoms with Crippen molar-refractivity contribution in [2.24, 2.45) is 0 Å². The summed E-state index contributed by atoms with van der Waals surface area (Å²) in [5.41, 5.74) is 3.16. The molecule has 0 aliphatic carbocycles. The summed E-state index contributed by atoms with van der Waals surface area (Å²) < 4.78 is 39.7. The SMILES string of the molecule is CCCC(C)(C)c1ccc(CN(CCc2cccc(C(F)(F)F)c2)C(=O)c2cc(Cl)cc3cc[nH]c23)cc1. The molecule has 0 spiro atoms. The maximum absolute atomic E-state index is 13.8. The fourth-order valence-electron chi connectivity index (χ4n) is 4.94. The van der Waals surface area contributed by atoms with Crippen LogP contribution in [0.25, 0.3) is 10.9 Å². The molecule has 0 fully saturated rings. The molecule has 0 aliphatic rings. The molecule has 3 aromatic carbocycles. The molecule has 1 heterocycles. The molecule has 1 aromatic heterocycles. The number of benzene rings is 3. The van der Waals surface area contributed by atoms with E-state index in [0.29, 0.717) is 28.2 Å². The third-order valence-corrected chi connectivity index (χ3v) is 7.27. The number of nitrogens with zero attached hydrogens (tertiary/aromatic N) is 1. The third-order valence-electron chi connectivity index (χ3n) is 7.05. The van der Waals surface area contributed by atoms with E-state index in [1.54, 1.807) is 29.3 Å². The van der Waals surface area contributed by atoms with Gasteiger partial charge in [0.25, 0.3) is 5.91 Å². The van der Waals surface area contributed by atoms with E-state index in [2.05, 4.69) is 37.9 Å². The van der Waals surface area contributed by atoms with Gasteiger partial charge in [-0.1, -0.05) is 81.3 Å². The number of fused-ring (bicyclic) bond motifs is 1. The molecule has 0 bridgehead atoms. The van der Waals surface area contributed by atoms with Crippen molar-refractivity contribution in [3.05, 3.63) is 106 Å². The Morgan fingerprint density at radius 1 is 0.947 bits per heavy atom. The van der Waals surface area contributed by atoms with Gasteiger partial charge in [0.1, 0.15) is 0 Å². The van der Waals surface area contributed by atoms with Gasteiger partial charge in [0.15, 0.2) is 0 Å². The number of nitrogens with one attached hydrogen (secondary N) is 1. The van der Waals surface area contributed by atoms with Crippen LogP contribution < -0.4 is 0 Å². The van der Waals surface area contributed by atoms with E-state index in [9.17, 15) is 18.0 Å². The molecule has 0 unspecified atom stereocenters. The van der Waals surface area contributed by atoms with Crippen LogP contribution in [0.2, 0.25) is 5.02 Å². The van der Waals surface area contributed by atoms with Crippen molar-refractivity contribution in [2.75, 3.05) is 6.54 Å². The molecule has 0 saturated carbocycles. The topological polar surface area (TPSA) is 36.1 Å². The van der Waals surface area contributed by atoms with E-state index in [-0.39, 0.29) is 24.3 Å². The Kier molecular flexibility index (Phi) is 8.22. The van der Waals surface area contributed by atoms with Crippen LogP contribution in [-0.2, 0) is 24.6 Å². The Bertz CT molecular complexity index is 1410. The molecule has 3 nitrogen and oxygen atoms in total. The number of aromatic amines is 1. The van der Waals surface area contributed by atoms with Gasteiger partial charge in [-0.05, 0) is 59.2 Å². The van der Waals surface area contributed by atoms with Gasteiger partial charge in [0, 0.05) is 29.7 Å². The van der Waals surface area contributed by atoms with Crippen molar-refractivity contribution in [3.8, 4) is 0 Å². The number of amides is 1. The summed E-state index contributed by atoms with van der Waals surface area (Å²) in [6, 6.07) is 18.8. The fourth-order valence-corrected chi connectivity index (χ4v) is 5.17. The molecule has 0 radical (unpaired) electrons. The number of carbonyl (C=O) groups is 1. The minimum atomic E-state index is -4.42. The van der Waals surface area contributed by atoms with Crippen LogP contribution in [0.5, 0.6) is 0 Å². The zero-order valence-corrected chi connectivity index (χ0v) is 22.6. The quantitative estimate of drug-likeness (QED) is 0.226. The first-order valence-corrected chi connectivity index (χ1v) is 13.2. The Hall–Kier alpha value is -3.25. The van der Waals surface area contributed by atoms with Gasteiger partial charge >= 0.3 is 6.18 Å². The van der Waals surface area contributed by atoms with Gasteiger partial charge in [-0.25, -0.2) is 0 Å². The van der Waals surface area contributed by atoms with E-state index >= 15 is 0 Å². The number of aromatic nitrogens is 1. The molecule has 1 N–H and O–H groups in total. The second kappa shape index (κ2) is 11.2. The summed E-state index contributed by atoms with van der Waals surface area (Å²) in [5, 5.41) is 1.27. The lowest BCUT2D eigenvalue weighted by Gasteiger charge is -2.26. The van der Waals surface area contributed by atoms with Crippen LogP contribution in [0.1, 0.15) is 66.2 Å². The summed E-state index contributed by atoms with van der Waals surface area (Å²) in [6.45, 7) is 7.17. The Morgan fingerprint density at radius 3 is 2.37 bits per heavy atom. The van der Waals surface area contributed by atoms with E-state index < -0.39 is 11.7 Å². The van der Waals surface area contributed by atoms with Crippen molar-refractivity contribution in [1.29, 1.82) is 0 Å². The number of hydrogen-bond donors (Lipinski definition) is 1. The molecule has 4 rings (SSSR count). The van der Waals surface area contributed by atoms with Gasteiger partial charge < -0.3 is 9.88 Å². The molecule has 0 saturated heterocycles. The lowest BCUT2D eigenvalue weighted by atomic mass is 9.80. The van der Waals surface area contributed by atoms with E-state index in [1.807, 2.05) is 18.2 Å². The molecular weight excluding hydrogens is 509 g/mol. The molecule has 38 heavy (non-hydrogen) atoms. The lowest BCUT2D eigenvalue weighted by Crippen LogP contribution is -2.33. The lowest BCUT2D eigenvalue weighted by molar-refractivity contribution is -0.137. The summed E-state index contributed by atoms with van der Waals surface area (Å²) in [7, 11) is 0. The maximum Gasteiger partial charge on any atom is 0.416 e. The number of rotatable bonds is 9. The summed E-state index contributed by atoms with van der Waals surface area (Å²) in [6.07, 6.45) is -0.236. The van der Waals surface area contributed by atoms with Crippen LogP contribution in [-0.4, -0.2) is 22.3 Å². The molecule has 200 valence electrons. The number of H-pyrrole nitrogens is 1. The van der Waals surface area contributed by atoms with E-state index in [0.717, 1.165) is 35.9 Å². The van der Waals surface area contributed by atoms with Crippen LogP contribution in [0.15, 0.2) is 72.9 Å². The van der Waals surface area contributed by atoms with Crippen molar-refractivity contribution in [1.82, 2.24) is 9.88 Å². The number of carbonyl (C=O) groups excluding carboxylic acids is 1. The fraction of sp³-hybridized carbons (Fsp3) is 0.323. The highest BCUT2D eigenvalue weighted by Gasteiger charge is 2.30. The van der Waals surface area contributed by atoms with Crippen LogP contribution >= 0.6 is 11.6 Å². The molecule has 0 atom stereocenters. The normalized spacial score (nSPS) is 12.2. The number of alkyl halides is 3. The highest BCUT2D eigenvalue weighted by molar-refractivity contribution is 6.32. The summed E-state index contributed by atoms with van der Waals surface area (Å²) >= 11 is 6.32. The summed E-state index contributed by atoms with van der Waals surface area (Å²) in [4.78, 5) is 18.6. The minimum absolute atomic E-state index is 0.0479. The first-order chi connectivity index (χ1) is 18.0. The average Bonchev–Trinajstić information content (AvgIpc) is 3.34. The number of halogens is 4. The largest absolute Gasteiger partial charge is 0.416 e. The van der Waals surface area contributed by atoms with Crippen molar-refractivity contribution >= 4 is 28.4 Å². The standard InChI is InChI=1S/C31H32ClF3N2O/c1-4-14-30(2,3)24-10-8-22(9-11-24)20-37(16-13-21-6-5-7-25(17-21)31(33,34)35)29(38)27-19-26(32)18-23-12-15-36-28(23)27/h5-12,15,17-19,36H,4,13-14,16,20H2,1-3H3. The van der Waals surface area contributed by atoms with Gasteiger partial charge in [-0.3, -0.25) is 4.79 Å². The van der Waals surface area contributed by atoms with E-state index in [1.165, 1.54) is 11.6 Å². The second-order valence-electron chi connectivity index (χ2n) is 10.4. The Balaban J connectivity index is 1.63. The smallest absolute Gasteiger partial charge is 0.361 e. The molecule has 0 aliphatic heterocycles. The highest BCUT2D eigenvalue weighted by Crippen LogP contribution is 2.31. The maximum atomic E-state index is 13.8. The molecular formula is C31H32ClF3N2O. The average molecular weight is 541 g/mol. The Morgan fingerprint density at radius 2 is 1.68 bits per heavy atom. The van der Waals surface area contributed by atoms with Gasteiger partial charge in [-0.2, -0.15) is 13.2 Å². The highest BCUT2D eigenvalue weighted by atomic mass is 35.5. The van der Waals surface area contributed by atoms with Gasteiger partial charge in [0.05, 0.1) is 16.6 Å². The van der Waals surface area contributed by atoms with Gasteiger partial charge in [-0.15, -0.1) is 0 Å². The monoisotopic (exact) mass is 540 g/mol. The van der Waals surface area contributed by atoms with Crippen molar-refractivity contribution in [3.63, 3.8) is 0 Å². The molecule has 1 amide bonds. The van der Waals surface area contributed by atoms with Gasteiger partial charge in [0.2, 0.25) is 0 Å².